The lowest BCUT2D eigenvalue weighted by atomic mass is 9.79. The maximum absolute atomic E-state index is 12.0. The standard InChI is InChI=1S/C24H32ClN7O2/c1-2-34-23(33)17-5-3-15(4-6-17)9-16-11-27-24(28-12-16)32-18-7-8-19(32)14-31(13-18)20-10-21(25)29-30-22(20)26/h10-12,15,17-19H,2-9,13-14H2,1H3,(H2,26,30). The van der Waals surface area contributed by atoms with Crippen LogP contribution in [0.1, 0.15) is 51.0 Å². The van der Waals surface area contributed by atoms with E-state index in [1.54, 1.807) is 6.07 Å². The number of halogens is 1. The first kappa shape index (κ1) is 23.1. The molecule has 182 valence electrons. The molecule has 2 N–H and O–H groups in total. The summed E-state index contributed by atoms with van der Waals surface area (Å²) in [6.45, 7) is 3.99. The number of nitrogen functional groups attached to an aromatic ring is 1. The van der Waals surface area contributed by atoms with Gasteiger partial charge in [-0.3, -0.25) is 4.79 Å². The van der Waals surface area contributed by atoms with E-state index in [0.29, 0.717) is 35.6 Å². The number of carbonyl (C=O) groups excluding carboxylic acids is 1. The fraction of sp³-hybridized carbons (Fsp3) is 0.625. The van der Waals surface area contributed by atoms with Crippen molar-refractivity contribution in [3.05, 3.63) is 29.2 Å². The third-order valence-electron chi connectivity index (χ3n) is 7.51. The molecule has 2 bridgehead atoms. The van der Waals surface area contributed by atoms with Crippen molar-refractivity contribution in [2.75, 3.05) is 35.2 Å². The van der Waals surface area contributed by atoms with Gasteiger partial charge < -0.3 is 20.3 Å². The summed E-state index contributed by atoms with van der Waals surface area (Å²) in [7, 11) is 0. The van der Waals surface area contributed by atoms with E-state index in [1.807, 2.05) is 19.3 Å². The Hall–Kier alpha value is -2.68. The van der Waals surface area contributed by atoms with E-state index in [-0.39, 0.29) is 11.9 Å². The van der Waals surface area contributed by atoms with Gasteiger partial charge in [-0.25, -0.2) is 9.97 Å². The summed E-state index contributed by atoms with van der Waals surface area (Å²) in [5.74, 6) is 1.83. The van der Waals surface area contributed by atoms with Crippen LogP contribution in [0.25, 0.3) is 0 Å². The highest BCUT2D eigenvalue weighted by Crippen LogP contribution is 2.37. The predicted molar refractivity (Wildman–Crippen MR) is 131 cm³/mol. The molecule has 2 unspecified atom stereocenters. The maximum atomic E-state index is 12.0. The lowest BCUT2D eigenvalue weighted by Crippen LogP contribution is -2.54. The summed E-state index contributed by atoms with van der Waals surface area (Å²) >= 11 is 6.06. The van der Waals surface area contributed by atoms with Crippen molar-refractivity contribution in [3.8, 4) is 0 Å². The van der Waals surface area contributed by atoms with E-state index in [4.69, 9.17) is 32.0 Å². The van der Waals surface area contributed by atoms with Gasteiger partial charge in [-0.05, 0) is 63.4 Å². The fourth-order valence-corrected chi connectivity index (χ4v) is 5.97. The number of fused-ring (bicyclic) bond motifs is 2. The lowest BCUT2D eigenvalue weighted by Gasteiger charge is -2.42. The van der Waals surface area contributed by atoms with Crippen LogP contribution in [-0.4, -0.2) is 57.9 Å². The van der Waals surface area contributed by atoms with Crippen LogP contribution in [0.3, 0.4) is 0 Å². The number of piperazine rings is 1. The molecular formula is C24H32ClN7O2. The summed E-state index contributed by atoms with van der Waals surface area (Å²) in [4.78, 5) is 26.1. The van der Waals surface area contributed by atoms with Crippen LogP contribution in [0.15, 0.2) is 18.5 Å². The van der Waals surface area contributed by atoms with E-state index in [1.165, 1.54) is 5.56 Å². The smallest absolute Gasteiger partial charge is 0.308 e. The molecule has 9 nitrogen and oxygen atoms in total. The number of nitrogens with two attached hydrogens (primary N) is 1. The van der Waals surface area contributed by atoms with Crippen LogP contribution in [-0.2, 0) is 16.0 Å². The minimum absolute atomic E-state index is 0.0330. The normalized spacial score (nSPS) is 26.5. The van der Waals surface area contributed by atoms with Crippen molar-refractivity contribution in [2.45, 2.75) is 64.0 Å². The maximum Gasteiger partial charge on any atom is 0.308 e. The summed E-state index contributed by atoms with van der Waals surface area (Å²) in [6, 6.07) is 2.45. The van der Waals surface area contributed by atoms with Gasteiger partial charge in [-0.1, -0.05) is 11.6 Å². The monoisotopic (exact) mass is 485 g/mol. The third-order valence-corrected chi connectivity index (χ3v) is 7.69. The number of hydrogen-bond acceptors (Lipinski definition) is 9. The second-order valence-electron chi connectivity index (χ2n) is 9.70. The molecule has 2 saturated heterocycles. The zero-order valence-electron chi connectivity index (χ0n) is 19.6. The Balaban J connectivity index is 1.19. The molecule has 0 aromatic carbocycles. The average Bonchev–Trinajstić information content (AvgIpc) is 3.10. The minimum Gasteiger partial charge on any atom is -0.466 e. The zero-order chi connectivity index (χ0) is 23.7. The number of carbonyl (C=O) groups is 1. The van der Waals surface area contributed by atoms with E-state index >= 15 is 0 Å². The van der Waals surface area contributed by atoms with Gasteiger partial charge in [-0.2, -0.15) is 0 Å². The first-order valence-electron chi connectivity index (χ1n) is 12.3. The molecule has 10 heteroatoms. The van der Waals surface area contributed by atoms with Gasteiger partial charge in [0.1, 0.15) is 0 Å². The molecule has 1 saturated carbocycles. The Morgan fingerprint density at radius 2 is 1.76 bits per heavy atom. The molecule has 2 atom stereocenters. The Morgan fingerprint density at radius 1 is 1.09 bits per heavy atom. The largest absolute Gasteiger partial charge is 0.466 e. The van der Waals surface area contributed by atoms with Crippen molar-refractivity contribution in [3.63, 3.8) is 0 Å². The van der Waals surface area contributed by atoms with Gasteiger partial charge in [0.15, 0.2) is 11.0 Å². The molecule has 0 spiro atoms. The topological polar surface area (TPSA) is 110 Å². The quantitative estimate of drug-likeness (QED) is 0.616. The van der Waals surface area contributed by atoms with Crippen LogP contribution < -0.4 is 15.5 Å². The second kappa shape index (κ2) is 9.90. The van der Waals surface area contributed by atoms with Crippen LogP contribution in [0.5, 0.6) is 0 Å². The molecular weight excluding hydrogens is 454 g/mol. The van der Waals surface area contributed by atoms with E-state index < -0.39 is 0 Å². The molecule has 3 aliphatic rings. The fourth-order valence-electron chi connectivity index (χ4n) is 5.83. The first-order chi connectivity index (χ1) is 16.5. The molecule has 2 aliphatic heterocycles. The molecule has 5 rings (SSSR count). The summed E-state index contributed by atoms with van der Waals surface area (Å²) < 4.78 is 5.19. The predicted octanol–water partition coefficient (Wildman–Crippen LogP) is 3.27. The Kier molecular flexibility index (Phi) is 6.72. The van der Waals surface area contributed by atoms with Crippen LogP contribution >= 0.6 is 11.6 Å². The van der Waals surface area contributed by atoms with Crippen LogP contribution in [0.4, 0.5) is 17.5 Å². The lowest BCUT2D eigenvalue weighted by molar-refractivity contribution is -0.149. The summed E-state index contributed by atoms with van der Waals surface area (Å²) in [6.07, 6.45) is 11.1. The average molecular weight is 486 g/mol. The first-order valence-corrected chi connectivity index (χ1v) is 12.7. The van der Waals surface area contributed by atoms with Gasteiger partial charge in [0.25, 0.3) is 0 Å². The zero-order valence-corrected chi connectivity index (χ0v) is 20.3. The molecule has 4 heterocycles. The summed E-state index contributed by atoms with van der Waals surface area (Å²) in [5.41, 5.74) is 8.09. The molecule has 1 aliphatic carbocycles. The highest BCUT2D eigenvalue weighted by atomic mass is 35.5. The van der Waals surface area contributed by atoms with E-state index in [9.17, 15) is 4.79 Å². The Labute approximate surface area is 205 Å². The van der Waals surface area contributed by atoms with Gasteiger partial charge in [-0.15, -0.1) is 10.2 Å². The van der Waals surface area contributed by atoms with E-state index in [0.717, 1.165) is 69.7 Å². The van der Waals surface area contributed by atoms with E-state index in [2.05, 4.69) is 20.0 Å². The second-order valence-corrected chi connectivity index (χ2v) is 10.1. The molecule has 2 aromatic rings. The molecule has 2 aromatic heterocycles. The number of aromatic nitrogens is 4. The highest BCUT2D eigenvalue weighted by Gasteiger charge is 2.42. The number of esters is 1. The number of rotatable bonds is 6. The number of nitrogens with zero attached hydrogens (tertiary/aromatic N) is 6. The van der Waals surface area contributed by atoms with Crippen LogP contribution in [0.2, 0.25) is 5.15 Å². The van der Waals surface area contributed by atoms with Crippen molar-refractivity contribution in [2.24, 2.45) is 11.8 Å². The van der Waals surface area contributed by atoms with Crippen molar-refractivity contribution >= 4 is 35.0 Å². The number of hydrogen-bond donors (Lipinski definition) is 1. The minimum atomic E-state index is -0.0330. The van der Waals surface area contributed by atoms with Crippen molar-refractivity contribution in [1.29, 1.82) is 0 Å². The van der Waals surface area contributed by atoms with Crippen molar-refractivity contribution < 1.29 is 9.53 Å². The molecule has 0 radical (unpaired) electrons. The summed E-state index contributed by atoms with van der Waals surface area (Å²) in [5, 5.41) is 8.16. The molecule has 3 fully saturated rings. The Bertz CT molecular complexity index is 999. The third kappa shape index (κ3) is 4.76. The number of ether oxygens (including phenoxy) is 1. The van der Waals surface area contributed by atoms with Crippen LogP contribution in [0, 0.1) is 11.8 Å². The van der Waals surface area contributed by atoms with Gasteiger partial charge in [0.2, 0.25) is 5.95 Å². The highest BCUT2D eigenvalue weighted by molar-refractivity contribution is 6.29. The number of anilines is 3. The van der Waals surface area contributed by atoms with Crippen molar-refractivity contribution in [1.82, 2.24) is 20.2 Å². The molecule has 34 heavy (non-hydrogen) atoms. The molecule has 0 amide bonds. The van der Waals surface area contributed by atoms with Gasteiger partial charge >= 0.3 is 5.97 Å². The Morgan fingerprint density at radius 3 is 2.41 bits per heavy atom. The van der Waals surface area contributed by atoms with Gasteiger partial charge in [0.05, 0.1) is 18.2 Å². The SMILES string of the molecule is CCOC(=O)C1CCC(Cc2cnc(N3C4CCC3CN(c3cc(Cl)nnc3N)C4)nc2)CC1. The van der Waals surface area contributed by atoms with Gasteiger partial charge in [0, 0.05) is 43.6 Å².